The largest absolute Gasteiger partial charge is 0.416 e. The first-order valence-corrected chi connectivity index (χ1v) is 8.69. The Morgan fingerprint density at radius 3 is 2.52 bits per heavy atom. The molecular weight excluding hydrogens is 359 g/mol. The lowest BCUT2D eigenvalue weighted by molar-refractivity contribution is -0.137. The molecule has 0 radical (unpaired) electrons. The molecule has 3 rings (SSSR count). The minimum absolute atomic E-state index is 0.284. The number of nitrogens with one attached hydrogen (secondary N) is 2. The van der Waals surface area contributed by atoms with E-state index in [1.54, 1.807) is 18.3 Å². The number of aromatic nitrogens is 1. The normalized spacial score (nSPS) is 15.4. The maximum atomic E-state index is 12.6. The van der Waals surface area contributed by atoms with E-state index < -0.39 is 17.6 Å². The number of hydrogen-bond donors (Lipinski definition) is 2. The zero-order chi connectivity index (χ0) is 19.3. The van der Waals surface area contributed by atoms with Gasteiger partial charge < -0.3 is 15.4 Å². The summed E-state index contributed by atoms with van der Waals surface area (Å²) in [7, 11) is 0. The van der Waals surface area contributed by atoms with E-state index in [4.69, 9.17) is 4.74 Å². The summed E-state index contributed by atoms with van der Waals surface area (Å²) in [5.41, 5.74) is -0.141. The van der Waals surface area contributed by atoms with Crippen LogP contribution in [-0.4, -0.2) is 30.6 Å². The first-order valence-electron chi connectivity index (χ1n) is 8.69. The van der Waals surface area contributed by atoms with Crippen LogP contribution in [-0.2, 0) is 10.9 Å². The number of alkyl halides is 3. The molecule has 1 saturated heterocycles. The molecule has 0 unspecified atom stereocenters. The Bertz CT molecular complexity index is 773. The number of nitrogens with zero attached hydrogens (tertiary/aromatic N) is 1. The molecule has 8 heteroatoms. The number of pyridine rings is 1. The first kappa shape index (κ1) is 19.2. The van der Waals surface area contributed by atoms with Gasteiger partial charge in [-0.15, -0.1) is 0 Å². The van der Waals surface area contributed by atoms with Crippen molar-refractivity contribution in [2.75, 3.05) is 30.4 Å². The number of hydrogen-bond acceptors (Lipinski definition) is 4. The molecular formula is C19H20F3N3O2. The van der Waals surface area contributed by atoms with Gasteiger partial charge in [-0.25, -0.2) is 4.98 Å². The molecule has 144 valence electrons. The van der Waals surface area contributed by atoms with Gasteiger partial charge in [0, 0.05) is 31.6 Å². The molecule has 0 atom stereocenters. The number of halogens is 3. The van der Waals surface area contributed by atoms with Crippen molar-refractivity contribution >= 4 is 17.4 Å². The lowest BCUT2D eigenvalue weighted by atomic mass is 10.0. The van der Waals surface area contributed by atoms with Crippen LogP contribution >= 0.6 is 0 Å². The zero-order valence-corrected chi connectivity index (χ0v) is 14.6. The molecule has 27 heavy (non-hydrogen) atoms. The predicted molar refractivity (Wildman–Crippen MR) is 95.7 cm³/mol. The molecule has 5 nitrogen and oxygen atoms in total. The maximum absolute atomic E-state index is 12.6. The summed E-state index contributed by atoms with van der Waals surface area (Å²) in [6.07, 6.45) is -0.922. The number of amides is 1. The Morgan fingerprint density at radius 2 is 1.85 bits per heavy atom. The third-order valence-corrected chi connectivity index (χ3v) is 4.42. The van der Waals surface area contributed by atoms with Crippen LogP contribution < -0.4 is 10.6 Å². The highest BCUT2D eigenvalue weighted by atomic mass is 19.4. The van der Waals surface area contributed by atoms with Gasteiger partial charge in [-0.2, -0.15) is 13.2 Å². The molecule has 2 N–H and O–H groups in total. The van der Waals surface area contributed by atoms with Crippen LogP contribution in [0.5, 0.6) is 0 Å². The van der Waals surface area contributed by atoms with E-state index in [-0.39, 0.29) is 5.69 Å². The average Bonchev–Trinajstić information content (AvgIpc) is 2.67. The molecule has 1 aromatic carbocycles. The molecule has 1 aliphatic rings. The summed E-state index contributed by atoms with van der Waals surface area (Å²) in [6.45, 7) is 2.15. The van der Waals surface area contributed by atoms with Gasteiger partial charge in [-0.1, -0.05) is 0 Å². The van der Waals surface area contributed by atoms with Gasteiger partial charge in [-0.3, -0.25) is 4.79 Å². The minimum Gasteiger partial charge on any atom is -0.381 e. The van der Waals surface area contributed by atoms with Gasteiger partial charge in [0.25, 0.3) is 5.91 Å². The van der Waals surface area contributed by atoms with E-state index in [9.17, 15) is 18.0 Å². The molecule has 0 aliphatic carbocycles. The summed E-state index contributed by atoms with van der Waals surface area (Å²) in [6, 6.07) is 7.59. The van der Waals surface area contributed by atoms with Crippen LogP contribution in [0.1, 0.15) is 28.8 Å². The lowest BCUT2D eigenvalue weighted by Crippen LogP contribution is -2.24. The van der Waals surface area contributed by atoms with Gasteiger partial charge in [0.2, 0.25) is 0 Å². The Hall–Kier alpha value is -2.61. The SMILES string of the molecule is O=C(Nc1ccc(C(F)(F)F)cc1)c1cccnc1NCC1CCOCC1. The van der Waals surface area contributed by atoms with Crippen LogP contribution in [0.2, 0.25) is 0 Å². The molecule has 1 aliphatic heterocycles. The van der Waals surface area contributed by atoms with Gasteiger partial charge >= 0.3 is 6.18 Å². The zero-order valence-electron chi connectivity index (χ0n) is 14.6. The third-order valence-electron chi connectivity index (χ3n) is 4.42. The second kappa shape index (κ2) is 8.39. The summed E-state index contributed by atoms with van der Waals surface area (Å²) >= 11 is 0. The Labute approximate surface area is 154 Å². The van der Waals surface area contributed by atoms with Crippen LogP contribution in [0.4, 0.5) is 24.7 Å². The van der Waals surface area contributed by atoms with E-state index in [2.05, 4.69) is 15.6 Å². The number of carbonyl (C=O) groups excluding carboxylic acids is 1. The van der Waals surface area contributed by atoms with Crippen LogP contribution in [0.25, 0.3) is 0 Å². The quantitative estimate of drug-likeness (QED) is 0.818. The van der Waals surface area contributed by atoms with Crippen molar-refractivity contribution in [1.82, 2.24) is 4.98 Å². The average molecular weight is 379 g/mol. The Morgan fingerprint density at radius 1 is 1.15 bits per heavy atom. The Kier molecular flexibility index (Phi) is 5.95. The second-order valence-corrected chi connectivity index (χ2v) is 6.37. The van der Waals surface area contributed by atoms with Crippen LogP contribution in [0.3, 0.4) is 0 Å². The van der Waals surface area contributed by atoms with E-state index in [0.717, 1.165) is 38.2 Å². The molecule has 0 spiro atoms. The van der Waals surface area contributed by atoms with Crippen molar-refractivity contribution in [1.29, 1.82) is 0 Å². The van der Waals surface area contributed by atoms with Crippen molar-refractivity contribution in [3.05, 3.63) is 53.7 Å². The molecule has 1 aromatic heterocycles. The summed E-state index contributed by atoms with van der Waals surface area (Å²) in [4.78, 5) is 16.8. The fourth-order valence-electron chi connectivity index (χ4n) is 2.86. The minimum atomic E-state index is -4.41. The highest BCUT2D eigenvalue weighted by Gasteiger charge is 2.30. The van der Waals surface area contributed by atoms with E-state index in [0.29, 0.717) is 23.8 Å². The molecule has 2 heterocycles. The van der Waals surface area contributed by atoms with Crippen molar-refractivity contribution in [3.63, 3.8) is 0 Å². The smallest absolute Gasteiger partial charge is 0.381 e. The topological polar surface area (TPSA) is 63.2 Å². The predicted octanol–water partition coefficient (Wildman–Crippen LogP) is 4.19. The fourth-order valence-corrected chi connectivity index (χ4v) is 2.86. The number of ether oxygens (including phenoxy) is 1. The van der Waals surface area contributed by atoms with Crippen molar-refractivity contribution in [3.8, 4) is 0 Å². The number of anilines is 2. The van der Waals surface area contributed by atoms with Crippen molar-refractivity contribution in [2.45, 2.75) is 19.0 Å². The molecule has 0 bridgehead atoms. The molecule has 1 amide bonds. The summed E-state index contributed by atoms with van der Waals surface area (Å²) < 4.78 is 43.2. The molecule has 2 aromatic rings. The number of benzene rings is 1. The first-order chi connectivity index (χ1) is 12.9. The van der Waals surface area contributed by atoms with E-state index in [1.807, 2.05) is 0 Å². The summed E-state index contributed by atoms with van der Waals surface area (Å²) in [5.74, 6) is 0.470. The molecule has 1 fully saturated rings. The Balaban J connectivity index is 1.65. The van der Waals surface area contributed by atoms with Crippen LogP contribution in [0, 0.1) is 5.92 Å². The fraction of sp³-hybridized carbons (Fsp3) is 0.368. The molecule has 0 saturated carbocycles. The van der Waals surface area contributed by atoms with E-state index in [1.165, 1.54) is 12.1 Å². The van der Waals surface area contributed by atoms with Gasteiger partial charge in [0.1, 0.15) is 5.82 Å². The van der Waals surface area contributed by atoms with Crippen molar-refractivity contribution < 1.29 is 22.7 Å². The second-order valence-electron chi connectivity index (χ2n) is 6.37. The van der Waals surface area contributed by atoms with Crippen molar-refractivity contribution in [2.24, 2.45) is 5.92 Å². The van der Waals surface area contributed by atoms with Gasteiger partial charge in [0.05, 0.1) is 11.1 Å². The van der Waals surface area contributed by atoms with Gasteiger partial charge in [-0.05, 0) is 55.2 Å². The summed E-state index contributed by atoms with van der Waals surface area (Å²) in [5, 5.41) is 5.81. The van der Waals surface area contributed by atoms with E-state index >= 15 is 0 Å². The number of rotatable bonds is 5. The van der Waals surface area contributed by atoms with Crippen LogP contribution in [0.15, 0.2) is 42.6 Å². The standard InChI is InChI=1S/C19H20F3N3O2/c20-19(21,22)14-3-5-15(6-4-14)25-18(26)16-2-1-9-23-17(16)24-12-13-7-10-27-11-8-13/h1-6,9,13H,7-8,10-12H2,(H,23,24)(H,25,26). The highest BCUT2D eigenvalue weighted by molar-refractivity contribution is 6.07. The highest BCUT2D eigenvalue weighted by Crippen LogP contribution is 2.30. The maximum Gasteiger partial charge on any atom is 0.416 e. The third kappa shape index (κ3) is 5.19. The lowest BCUT2D eigenvalue weighted by Gasteiger charge is -2.22. The number of carbonyl (C=O) groups is 1. The van der Waals surface area contributed by atoms with Gasteiger partial charge in [0.15, 0.2) is 0 Å². The monoisotopic (exact) mass is 379 g/mol.